The number of halogens is 1. The summed E-state index contributed by atoms with van der Waals surface area (Å²) in [5.74, 6) is 1.75. The first-order chi connectivity index (χ1) is 10.2. The molecule has 0 aliphatic carbocycles. The Morgan fingerprint density at radius 3 is 2.71 bits per heavy atom. The minimum Gasteiger partial charge on any atom is -0.457 e. The van der Waals surface area contributed by atoms with E-state index in [1.807, 2.05) is 43.3 Å². The van der Waals surface area contributed by atoms with Gasteiger partial charge < -0.3 is 14.8 Å². The van der Waals surface area contributed by atoms with Crippen LogP contribution >= 0.6 is 15.9 Å². The van der Waals surface area contributed by atoms with Gasteiger partial charge in [0.25, 0.3) is 0 Å². The van der Waals surface area contributed by atoms with Crippen molar-refractivity contribution in [2.75, 3.05) is 20.3 Å². The second kappa shape index (κ2) is 8.17. The third-order valence-electron chi connectivity index (χ3n) is 3.14. The number of benzene rings is 2. The van der Waals surface area contributed by atoms with Gasteiger partial charge in [-0.3, -0.25) is 0 Å². The predicted molar refractivity (Wildman–Crippen MR) is 89.0 cm³/mol. The molecule has 2 rings (SSSR count). The Labute approximate surface area is 134 Å². The molecule has 0 spiro atoms. The van der Waals surface area contributed by atoms with E-state index in [0.717, 1.165) is 40.2 Å². The van der Waals surface area contributed by atoms with Crippen molar-refractivity contribution < 1.29 is 9.47 Å². The highest BCUT2D eigenvalue weighted by molar-refractivity contribution is 9.10. The highest BCUT2D eigenvalue weighted by atomic mass is 79.9. The zero-order valence-corrected chi connectivity index (χ0v) is 13.9. The summed E-state index contributed by atoms with van der Waals surface area (Å²) in [7, 11) is 1.70. The maximum absolute atomic E-state index is 6.08. The lowest BCUT2D eigenvalue weighted by molar-refractivity contribution is 0.199. The summed E-state index contributed by atoms with van der Waals surface area (Å²) in [6.07, 6.45) is 0. The van der Waals surface area contributed by atoms with Crippen molar-refractivity contribution in [3.8, 4) is 11.5 Å². The summed E-state index contributed by atoms with van der Waals surface area (Å²) in [6.45, 7) is 4.32. The molecule has 0 heterocycles. The monoisotopic (exact) mass is 349 g/mol. The molecule has 2 aromatic rings. The Balaban J connectivity index is 2.10. The molecule has 112 valence electrons. The minimum atomic E-state index is 0.702. The van der Waals surface area contributed by atoms with Crippen LogP contribution in [-0.4, -0.2) is 20.3 Å². The molecule has 0 aliphatic heterocycles. The third-order valence-corrected chi connectivity index (χ3v) is 3.63. The summed E-state index contributed by atoms with van der Waals surface area (Å²) in [5.41, 5.74) is 2.24. The van der Waals surface area contributed by atoms with Crippen LogP contribution in [0.1, 0.15) is 11.1 Å². The van der Waals surface area contributed by atoms with E-state index >= 15 is 0 Å². The lowest BCUT2D eigenvalue weighted by atomic mass is 10.2. The van der Waals surface area contributed by atoms with Crippen molar-refractivity contribution >= 4 is 15.9 Å². The number of ether oxygens (including phenoxy) is 2. The first-order valence-corrected chi connectivity index (χ1v) is 7.71. The molecule has 0 atom stereocenters. The van der Waals surface area contributed by atoms with Crippen LogP contribution in [-0.2, 0) is 11.3 Å². The fourth-order valence-corrected chi connectivity index (χ4v) is 2.29. The number of nitrogens with one attached hydrogen (secondary N) is 1. The Morgan fingerprint density at radius 2 is 1.90 bits per heavy atom. The van der Waals surface area contributed by atoms with Gasteiger partial charge in [0.1, 0.15) is 11.5 Å². The van der Waals surface area contributed by atoms with E-state index in [1.165, 1.54) is 0 Å². The van der Waals surface area contributed by atoms with Gasteiger partial charge in [0.2, 0.25) is 0 Å². The topological polar surface area (TPSA) is 30.5 Å². The van der Waals surface area contributed by atoms with Crippen LogP contribution in [0.15, 0.2) is 46.9 Å². The summed E-state index contributed by atoms with van der Waals surface area (Å²) in [6, 6.07) is 14.1. The average Bonchev–Trinajstić information content (AvgIpc) is 2.49. The first-order valence-electron chi connectivity index (χ1n) is 6.92. The number of aryl methyl sites for hydroxylation is 1. The predicted octanol–water partition coefficient (Wildman–Crippen LogP) is 4.29. The normalized spacial score (nSPS) is 10.6. The number of para-hydroxylation sites is 1. The van der Waals surface area contributed by atoms with Crippen LogP contribution in [0.2, 0.25) is 0 Å². The maximum Gasteiger partial charge on any atom is 0.131 e. The lowest BCUT2D eigenvalue weighted by Gasteiger charge is -2.13. The highest BCUT2D eigenvalue weighted by Gasteiger charge is 2.06. The third kappa shape index (κ3) is 4.84. The molecule has 0 bridgehead atoms. The number of hydrogen-bond acceptors (Lipinski definition) is 3. The van der Waals surface area contributed by atoms with E-state index in [0.29, 0.717) is 6.61 Å². The van der Waals surface area contributed by atoms with Crippen molar-refractivity contribution in [1.29, 1.82) is 0 Å². The van der Waals surface area contributed by atoms with Crippen LogP contribution in [0.3, 0.4) is 0 Å². The zero-order valence-electron chi connectivity index (χ0n) is 12.4. The highest BCUT2D eigenvalue weighted by Crippen LogP contribution is 2.30. The van der Waals surface area contributed by atoms with Crippen LogP contribution in [0.5, 0.6) is 11.5 Å². The van der Waals surface area contributed by atoms with Gasteiger partial charge in [-0.1, -0.05) is 40.2 Å². The number of hydrogen-bond donors (Lipinski definition) is 1. The molecule has 0 unspecified atom stereocenters. The molecule has 0 radical (unpaired) electrons. The number of rotatable bonds is 7. The standard InChI is InChI=1S/C17H20BrNO2/c1-13-7-8-15(18)11-17(13)21-16-6-4-3-5-14(16)12-19-9-10-20-2/h3-8,11,19H,9-10,12H2,1-2H3. The Morgan fingerprint density at radius 1 is 1.10 bits per heavy atom. The Kier molecular flexibility index (Phi) is 6.23. The average molecular weight is 350 g/mol. The van der Waals surface area contributed by atoms with E-state index in [-0.39, 0.29) is 0 Å². The number of methoxy groups -OCH3 is 1. The molecular formula is C17H20BrNO2. The Bertz CT molecular complexity index is 587. The quantitative estimate of drug-likeness (QED) is 0.756. The van der Waals surface area contributed by atoms with Crippen molar-refractivity contribution in [1.82, 2.24) is 5.32 Å². The van der Waals surface area contributed by atoms with E-state index in [9.17, 15) is 0 Å². The molecule has 3 nitrogen and oxygen atoms in total. The van der Waals surface area contributed by atoms with Crippen molar-refractivity contribution in [3.05, 3.63) is 58.1 Å². The summed E-state index contributed by atoms with van der Waals surface area (Å²) < 4.78 is 12.1. The molecule has 0 amide bonds. The summed E-state index contributed by atoms with van der Waals surface area (Å²) in [4.78, 5) is 0. The van der Waals surface area contributed by atoms with Gasteiger partial charge in [0.15, 0.2) is 0 Å². The van der Waals surface area contributed by atoms with Gasteiger partial charge >= 0.3 is 0 Å². The van der Waals surface area contributed by atoms with Crippen LogP contribution in [0.4, 0.5) is 0 Å². The molecule has 21 heavy (non-hydrogen) atoms. The van der Waals surface area contributed by atoms with Crippen molar-refractivity contribution in [2.24, 2.45) is 0 Å². The summed E-state index contributed by atoms with van der Waals surface area (Å²) >= 11 is 3.48. The smallest absolute Gasteiger partial charge is 0.131 e. The first kappa shape index (κ1) is 16.0. The molecule has 0 saturated carbocycles. The van der Waals surface area contributed by atoms with E-state index in [1.54, 1.807) is 7.11 Å². The van der Waals surface area contributed by atoms with Crippen LogP contribution in [0.25, 0.3) is 0 Å². The van der Waals surface area contributed by atoms with E-state index < -0.39 is 0 Å². The fraction of sp³-hybridized carbons (Fsp3) is 0.294. The second-order valence-corrected chi connectivity index (χ2v) is 5.70. The maximum atomic E-state index is 6.08. The molecule has 1 N–H and O–H groups in total. The van der Waals surface area contributed by atoms with Gasteiger partial charge in [-0.25, -0.2) is 0 Å². The molecule has 0 aliphatic rings. The largest absolute Gasteiger partial charge is 0.457 e. The molecule has 0 aromatic heterocycles. The van der Waals surface area contributed by atoms with Gasteiger partial charge in [0.05, 0.1) is 6.61 Å². The van der Waals surface area contributed by atoms with Gasteiger partial charge in [-0.2, -0.15) is 0 Å². The molecule has 0 saturated heterocycles. The lowest BCUT2D eigenvalue weighted by Crippen LogP contribution is -2.18. The molecule has 0 fully saturated rings. The fourth-order valence-electron chi connectivity index (χ4n) is 1.95. The van der Waals surface area contributed by atoms with Gasteiger partial charge in [-0.05, 0) is 30.7 Å². The SMILES string of the molecule is COCCNCc1ccccc1Oc1cc(Br)ccc1C. The zero-order chi connectivity index (χ0) is 15.1. The summed E-state index contributed by atoms with van der Waals surface area (Å²) in [5, 5.41) is 3.34. The second-order valence-electron chi connectivity index (χ2n) is 4.79. The van der Waals surface area contributed by atoms with Gasteiger partial charge in [-0.15, -0.1) is 0 Å². The van der Waals surface area contributed by atoms with Gasteiger partial charge in [0, 0.05) is 30.2 Å². The van der Waals surface area contributed by atoms with Crippen LogP contribution < -0.4 is 10.1 Å². The molecule has 4 heteroatoms. The van der Waals surface area contributed by atoms with E-state index in [2.05, 4.69) is 27.3 Å². The van der Waals surface area contributed by atoms with Crippen molar-refractivity contribution in [2.45, 2.75) is 13.5 Å². The molecular weight excluding hydrogens is 330 g/mol. The van der Waals surface area contributed by atoms with Crippen LogP contribution in [0, 0.1) is 6.92 Å². The minimum absolute atomic E-state index is 0.702. The Hall–Kier alpha value is -1.36. The van der Waals surface area contributed by atoms with E-state index in [4.69, 9.17) is 9.47 Å². The van der Waals surface area contributed by atoms with Crippen molar-refractivity contribution in [3.63, 3.8) is 0 Å². The molecule has 2 aromatic carbocycles.